The van der Waals surface area contributed by atoms with Gasteiger partial charge in [0.1, 0.15) is 0 Å². The van der Waals surface area contributed by atoms with Crippen LogP contribution in [0.2, 0.25) is 0 Å². The van der Waals surface area contributed by atoms with Crippen LogP contribution in [0.15, 0.2) is 11.6 Å². The summed E-state index contributed by atoms with van der Waals surface area (Å²) in [5.74, 6) is -1.07. The molecule has 0 heterocycles. The summed E-state index contributed by atoms with van der Waals surface area (Å²) < 4.78 is 0. The Balaban J connectivity index is 2.79. The minimum Gasteiger partial charge on any atom is -0.481 e. The predicted octanol–water partition coefficient (Wildman–Crippen LogP) is 1.81. The summed E-state index contributed by atoms with van der Waals surface area (Å²) in [7, 11) is 0. The Hall–Kier alpha value is -1.30. The quantitative estimate of drug-likeness (QED) is 0.657. The number of aliphatic carboxylic acids is 1. The Bertz CT molecular complexity index is 309. The van der Waals surface area contributed by atoms with E-state index < -0.39 is 5.97 Å². The molecular weight excluding hydrogens is 166 g/mol. The van der Waals surface area contributed by atoms with E-state index in [1.165, 1.54) is 0 Å². The van der Waals surface area contributed by atoms with Crippen LogP contribution in [0.1, 0.15) is 20.8 Å². The van der Waals surface area contributed by atoms with Gasteiger partial charge < -0.3 is 5.11 Å². The lowest BCUT2D eigenvalue weighted by Crippen LogP contribution is -2.03. The van der Waals surface area contributed by atoms with Crippen molar-refractivity contribution in [1.29, 1.82) is 5.26 Å². The van der Waals surface area contributed by atoms with E-state index in [0.29, 0.717) is 5.57 Å². The number of carboxylic acids is 1. The molecule has 13 heavy (non-hydrogen) atoms. The van der Waals surface area contributed by atoms with Gasteiger partial charge in [0.2, 0.25) is 0 Å². The van der Waals surface area contributed by atoms with E-state index in [4.69, 9.17) is 10.4 Å². The first-order chi connectivity index (χ1) is 5.91. The van der Waals surface area contributed by atoms with Gasteiger partial charge >= 0.3 is 5.97 Å². The molecule has 0 aromatic carbocycles. The molecule has 0 aromatic rings. The molecule has 0 saturated heterocycles. The zero-order valence-electron chi connectivity index (χ0n) is 8.03. The number of hydrogen-bond acceptors (Lipinski definition) is 2. The van der Waals surface area contributed by atoms with Crippen molar-refractivity contribution in [2.45, 2.75) is 20.8 Å². The minimum atomic E-state index is -0.767. The summed E-state index contributed by atoms with van der Waals surface area (Å²) in [5.41, 5.74) is 0.408. The van der Waals surface area contributed by atoms with Crippen LogP contribution in [-0.2, 0) is 4.79 Å². The van der Waals surface area contributed by atoms with E-state index in [-0.39, 0.29) is 17.3 Å². The Morgan fingerprint density at radius 1 is 1.62 bits per heavy atom. The van der Waals surface area contributed by atoms with Gasteiger partial charge in [-0.2, -0.15) is 5.26 Å². The van der Waals surface area contributed by atoms with Crippen molar-refractivity contribution >= 4 is 5.97 Å². The van der Waals surface area contributed by atoms with E-state index >= 15 is 0 Å². The second-order valence-electron chi connectivity index (χ2n) is 4.12. The number of carbonyl (C=O) groups is 1. The third-order valence-corrected chi connectivity index (χ3v) is 2.78. The van der Waals surface area contributed by atoms with Crippen LogP contribution in [0.5, 0.6) is 0 Å². The van der Waals surface area contributed by atoms with E-state index in [1.54, 1.807) is 13.0 Å². The van der Waals surface area contributed by atoms with Gasteiger partial charge in [-0.05, 0) is 18.3 Å². The van der Waals surface area contributed by atoms with Crippen molar-refractivity contribution < 1.29 is 9.90 Å². The Morgan fingerprint density at radius 3 is 2.46 bits per heavy atom. The highest BCUT2D eigenvalue weighted by Crippen LogP contribution is 2.59. The first-order valence-electron chi connectivity index (χ1n) is 4.22. The van der Waals surface area contributed by atoms with E-state index in [0.717, 1.165) is 0 Å². The SMILES string of the molecule is C/C(C#N)=C\[C@H]1[C@H](C(=O)O)C1(C)C. The molecule has 3 heteroatoms. The van der Waals surface area contributed by atoms with Crippen molar-refractivity contribution in [3.05, 3.63) is 11.6 Å². The maximum atomic E-state index is 10.7. The van der Waals surface area contributed by atoms with Gasteiger partial charge in [0.05, 0.1) is 12.0 Å². The molecule has 2 atom stereocenters. The molecule has 0 unspecified atom stereocenters. The zero-order valence-corrected chi connectivity index (χ0v) is 8.03. The van der Waals surface area contributed by atoms with Gasteiger partial charge in [0.25, 0.3) is 0 Å². The molecule has 1 aliphatic rings. The monoisotopic (exact) mass is 179 g/mol. The van der Waals surface area contributed by atoms with Gasteiger partial charge in [-0.25, -0.2) is 0 Å². The lowest BCUT2D eigenvalue weighted by molar-refractivity contribution is -0.139. The number of nitrogens with zero attached hydrogens (tertiary/aromatic N) is 1. The number of carboxylic acid groups (broad SMARTS) is 1. The zero-order chi connectivity index (χ0) is 10.2. The molecule has 0 aliphatic heterocycles. The van der Waals surface area contributed by atoms with Crippen LogP contribution in [0, 0.1) is 28.6 Å². The Morgan fingerprint density at radius 2 is 2.15 bits per heavy atom. The molecule has 3 nitrogen and oxygen atoms in total. The summed E-state index contributed by atoms with van der Waals surface area (Å²) in [5, 5.41) is 17.4. The molecule has 0 amide bonds. The van der Waals surface area contributed by atoms with Crippen LogP contribution in [0.3, 0.4) is 0 Å². The standard InChI is InChI=1S/C10H13NO2/c1-6(5-11)4-7-8(9(12)13)10(7,2)3/h4,7-8H,1-3H3,(H,12,13)/b6-4+/t7-,8+/m0/s1. The smallest absolute Gasteiger partial charge is 0.307 e. The first kappa shape index (κ1) is 9.79. The van der Waals surface area contributed by atoms with Crippen LogP contribution in [0.4, 0.5) is 0 Å². The van der Waals surface area contributed by atoms with Gasteiger partial charge in [-0.1, -0.05) is 19.9 Å². The number of nitriles is 1. The normalized spacial score (nSPS) is 30.8. The highest BCUT2D eigenvalue weighted by molar-refractivity contribution is 5.76. The third kappa shape index (κ3) is 1.57. The fraction of sp³-hybridized carbons (Fsp3) is 0.600. The van der Waals surface area contributed by atoms with Crippen LogP contribution >= 0.6 is 0 Å². The summed E-state index contributed by atoms with van der Waals surface area (Å²) in [4.78, 5) is 10.7. The molecule has 0 aromatic heterocycles. The van der Waals surface area contributed by atoms with Crippen LogP contribution < -0.4 is 0 Å². The largest absolute Gasteiger partial charge is 0.481 e. The topological polar surface area (TPSA) is 61.1 Å². The molecule has 0 radical (unpaired) electrons. The highest BCUT2D eigenvalue weighted by atomic mass is 16.4. The predicted molar refractivity (Wildman–Crippen MR) is 47.8 cm³/mol. The molecule has 70 valence electrons. The molecule has 0 spiro atoms. The van der Waals surface area contributed by atoms with Crippen LogP contribution in [-0.4, -0.2) is 11.1 Å². The van der Waals surface area contributed by atoms with Gasteiger partial charge in [-0.3, -0.25) is 4.79 Å². The van der Waals surface area contributed by atoms with Crippen molar-refractivity contribution in [1.82, 2.24) is 0 Å². The summed E-state index contributed by atoms with van der Waals surface area (Å²) >= 11 is 0. The maximum Gasteiger partial charge on any atom is 0.307 e. The lowest BCUT2D eigenvalue weighted by Gasteiger charge is -1.96. The van der Waals surface area contributed by atoms with E-state index in [9.17, 15) is 4.79 Å². The minimum absolute atomic E-state index is 0.0182. The molecule has 1 saturated carbocycles. The molecule has 1 aliphatic carbocycles. The van der Waals surface area contributed by atoms with E-state index in [1.807, 2.05) is 19.9 Å². The molecular formula is C10H13NO2. The number of hydrogen-bond donors (Lipinski definition) is 1. The lowest BCUT2D eigenvalue weighted by atomic mass is 10.1. The fourth-order valence-electron chi connectivity index (χ4n) is 1.77. The molecule has 1 fully saturated rings. The van der Waals surface area contributed by atoms with Crippen molar-refractivity contribution in [3.63, 3.8) is 0 Å². The second kappa shape index (κ2) is 2.88. The summed E-state index contributed by atoms with van der Waals surface area (Å²) in [6.07, 6.45) is 1.76. The Kier molecular flexibility index (Phi) is 2.17. The van der Waals surface area contributed by atoms with Crippen LogP contribution in [0.25, 0.3) is 0 Å². The highest BCUT2D eigenvalue weighted by Gasteiger charge is 2.60. The molecule has 0 bridgehead atoms. The Labute approximate surface area is 77.7 Å². The van der Waals surface area contributed by atoms with E-state index in [2.05, 4.69) is 0 Å². The molecule has 1 rings (SSSR count). The van der Waals surface area contributed by atoms with Gasteiger partial charge in [0, 0.05) is 5.57 Å². The summed E-state index contributed by atoms with van der Waals surface area (Å²) in [6.45, 7) is 5.53. The first-order valence-corrected chi connectivity index (χ1v) is 4.22. The third-order valence-electron chi connectivity index (χ3n) is 2.78. The maximum absolute atomic E-state index is 10.7. The van der Waals surface area contributed by atoms with Crippen molar-refractivity contribution in [3.8, 4) is 6.07 Å². The van der Waals surface area contributed by atoms with Gasteiger partial charge in [-0.15, -0.1) is 0 Å². The number of allylic oxidation sites excluding steroid dienone is 2. The number of rotatable bonds is 2. The summed E-state index contributed by atoms with van der Waals surface area (Å²) in [6, 6.07) is 2.00. The van der Waals surface area contributed by atoms with Crippen molar-refractivity contribution in [2.75, 3.05) is 0 Å². The molecule has 1 N–H and O–H groups in total. The average molecular weight is 179 g/mol. The van der Waals surface area contributed by atoms with Gasteiger partial charge in [0.15, 0.2) is 0 Å². The van der Waals surface area contributed by atoms with Crippen molar-refractivity contribution in [2.24, 2.45) is 17.3 Å². The fourth-order valence-corrected chi connectivity index (χ4v) is 1.77. The second-order valence-corrected chi connectivity index (χ2v) is 4.12. The average Bonchev–Trinajstić information content (AvgIpc) is 2.53.